The first-order valence-corrected chi connectivity index (χ1v) is 12.6. The van der Waals surface area contributed by atoms with Crippen LogP contribution in [0.2, 0.25) is 0 Å². The van der Waals surface area contributed by atoms with Crippen molar-refractivity contribution in [3.05, 3.63) is 101 Å². The highest BCUT2D eigenvalue weighted by Crippen LogP contribution is 2.36. The molecule has 0 spiro atoms. The molecule has 7 heteroatoms. The molecule has 7 nitrogen and oxygen atoms in total. The molecule has 3 atom stereocenters. The first-order valence-electron chi connectivity index (χ1n) is 12.6. The number of nitrogens with zero attached hydrogens (tertiary/aromatic N) is 1. The van der Waals surface area contributed by atoms with E-state index in [4.69, 9.17) is 14.2 Å². The summed E-state index contributed by atoms with van der Waals surface area (Å²) in [5, 5.41) is 10.2. The quantitative estimate of drug-likeness (QED) is 0.491. The molecule has 0 saturated carbocycles. The summed E-state index contributed by atoms with van der Waals surface area (Å²) in [7, 11) is 0. The van der Waals surface area contributed by atoms with Gasteiger partial charge in [-0.15, -0.1) is 0 Å². The van der Waals surface area contributed by atoms with Crippen molar-refractivity contribution in [3.8, 4) is 5.75 Å². The zero-order chi connectivity index (χ0) is 25.8. The van der Waals surface area contributed by atoms with Crippen LogP contribution < -0.4 is 4.74 Å². The van der Waals surface area contributed by atoms with Crippen molar-refractivity contribution in [2.75, 3.05) is 13.2 Å². The van der Waals surface area contributed by atoms with Gasteiger partial charge >= 0.3 is 5.97 Å². The molecule has 2 heterocycles. The van der Waals surface area contributed by atoms with Gasteiger partial charge in [0.1, 0.15) is 18.4 Å². The van der Waals surface area contributed by atoms with Crippen LogP contribution >= 0.6 is 0 Å². The van der Waals surface area contributed by atoms with Crippen LogP contribution in [-0.2, 0) is 38.6 Å². The maximum absolute atomic E-state index is 13.9. The highest BCUT2D eigenvalue weighted by Gasteiger charge is 2.40. The van der Waals surface area contributed by atoms with E-state index in [2.05, 4.69) is 0 Å². The summed E-state index contributed by atoms with van der Waals surface area (Å²) in [4.78, 5) is 27.8. The van der Waals surface area contributed by atoms with Crippen LogP contribution in [0, 0.1) is 6.92 Å². The molecule has 5 rings (SSSR count). The van der Waals surface area contributed by atoms with Gasteiger partial charge in [0.15, 0.2) is 6.10 Å². The van der Waals surface area contributed by atoms with E-state index in [-0.39, 0.29) is 25.0 Å². The first-order chi connectivity index (χ1) is 18.0. The van der Waals surface area contributed by atoms with Gasteiger partial charge in [0.05, 0.1) is 12.7 Å². The summed E-state index contributed by atoms with van der Waals surface area (Å²) in [6.45, 7) is 3.51. The molecule has 2 aliphatic heterocycles. The molecule has 0 bridgehead atoms. The SMILES string of the molecule is Cc1ccc2c(c1OCc1ccccc1)CC(C(=O)O)N(C(=O)C(OC1CCOC1)c1ccccc1)C2. The Kier molecular flexibility index (Phi) is 7.53. The van der Waals surface area contributed by atoms with Gasteiger partial charge in [-0.2, -0.15) is 0 Å². The highest BCUT2D eigenvalue weighted by atomic mass is 16.6. The van der Waals surface area contributed by atoms with Crippen LogP contribution in [0.15, 0.2) is 72.8 Å². The Morgan fingerprint density at radius 2 is 1.78 bits per heavy atom. The molecule has 3 unspecified atom stereocenters. The summed E-state index contributed by atoms with van der Waals surface area (Å²) in [6, 6.07) is 22.0. The minimum atomic E-state index is -1.05. The molecule has 0 aliphatic carbocycles. The third kappa shape index (κ3) is 5.53. The van der Waals surface area contributed by atoms with E-state index < -0.39 is 18.1 Å². The predicted octanol–water partition coefficient (Wildman–Crippen LogP) is 4.46. The Hall–Kier alpha value is -3.68. The zero-order valence-electron chi connectivity index (χ0n) is 20.8. The van der Waals surface area contributed by atoms with Crippen LogP contribution in [0.4, 0.5) is 0 Å². The van der Waals surface area contributed by atoms with Gasteiger partial charge in [0, 0.05) is 25.1 Å². The third-order valence-electron chi connectivity index (χ3n) is 7.01. The molecule has 1 N–H and O–H groups in total. The summed E-state index contributed by atoms with van der Waals surface area (Å²) < 4.78 is 17.9. The number of ether oxygens (including phenoxy) is 3. The number of rotatable bonds is 8. The fourth-order valence-corrected chi connectivity index (χ4v) is 5.01. The molecule has 3 aromatic rings. The van der Waals surface area contributed by atoms with E-state index in [0.29, 0.717) is 37.6 Å². The lowest BCUT2D eigenvalue weighted by Crippen LogP contribution is -2.51. The maximum Gasteiger partial charge on any atom is 0.326 e. The molecular formula is C30H31NO6. The average Bonchev–Trinajstić information content (AvgIpc) is 3.44. The summed E-state index contributed by atoms with van der Waals surface area (Å²) in [5.41, 5.74) is 4.39. The minimum Gasteiger partial charge on any atom is -0.488 e. The fraction of sp³-hybridized carbons (Fsp3) is 0.333. The second-order valence-electron chi connectivity index (χ2n) is 9.56. The number of carboxylic acid groups (broad SMARTS) is 1. The lowest BCUT2D eigenvalue weighted by atomic mass is 9.90. The van der Waals surface area contributed by atoms with Crippen molar-refractivity contribution in [3.63, 3.8) is 0 Å². The van der Waals surface area contributed by atoms with E-state index in [0.717, 1.165) is 22.3 Å². The number of benzene rings is 3. The number of amides is 1. The Morgan fingerprint density at radius 1 is 1.05 bits per heavy atom. The van der Waals surface area contributed by atoms with Gasteiger partial charge in [-0.05, 0) is 35.6 Å². The number of fused-ring (bicyclic) bond motifs is 1. The van der Waals surface area contributed by atoms with Gasteiger partial charge < -0.3 is 24.2 Å². The Labute approximate surface area is 216 Å². The second kappa shape index (κ2) is 11.2. The summed E-state index contributed by atoms with van der Waals surface area (Å²) >= 11 is 0. The molecule has 0 radical (unpaired) electrons. The molecule has 0 aromatic heterocycles. The van der Waals surface area contributed by atoms with Crippen LogP contribution in [0.5, 0.6) is 5.75 Å². The lowest BCUT2D eigenvalue weighted by molar-refractivity contribution is -0.160. The number of hydrogen-bond acceptors (Lipinski definition) is 5. The van der Waals surface area contributed by atoms with Crippen LogP contribution in [0.3, 0.4) is 0 Å². The molecule has 2 aliphatic rings. The van der Waals surface area contributed by atoms with Crippen molar-refractivity contribution < 1.29 is 28.9 Å². The van der Waals surface area contributed by atoms with E-state index >= 15 is 0 Å². The molecular weight excluding hydrogens is 470 g/mol. The largest absolute Gasteiger partial charge is 0.488 e. The molecule has 37 heavy (non-hydrogen) atoms. The topological polar surface area (TPSA) is 85.3 Å². The Bertz CT molecular complexity index is 1240. The number of carboxylic acids is 1. The highest BCUT2D eigenvalue weighted by molar-refractivity contribution is 5.88. The van der Waals surface area contributed by atoms with Gasteiger partial charge in [-0.1, -0.05) is 72.8 Å². The number of aliphatic carboxylic acids is 1. The third-order valence-corrected chi connectivity index (χ3v) is 7.01. The predicted molar refractivity (Wildman–Crippen MR) is 137 cm³/mol. The van der Waals surface area contributed by atoms with E-state index in [1.165, 1.54) is 4.90 Å². The Balaban J connectivity index is 1.44. The molecule has 1 amide bonds. The van der Waals surface area contributed by atoms with Crippen LogP contribution in [-0.4, -0.2) is 47.2 Å². The van der Waals surface area contributed by atoms with Gasteiger partial charge in [0.25, 0.3) is 5.91 Å². The number of hydrogen-bond donors (Lipinski definition) is 1. The Morgan fingerprint density at radius 3 is 2.46 bits per heavy atom. The van der Waals surface area contributed by atoms with Crippen molar-refractivity contribution in [2.24, 2.45) is 0 Å². The molecule has 1 saturated heterocycles. The number of aryl methyl sites for hydroxylation is 1. The smallest absolute Gasteiger partial charge is 0.326 e. The van der Waals surface area contributed by atoms with Gasteiger partial charge in [-0.25, -0.2) is 4.79 Å². The van der Waals surface area contributed by atoms with Crippen molar-refractivity contribution in [1.82, 2.24) is 4.90 Å². The second-order valence-corrected chi connectivity index (χ2v) is 9.56. The first kappa shape index (κ1) is 25.0. The van der Waals surface area contributed by atoms with E-state index in [1.807, 2.05) is 79.7 Å². The minimum absolute atomic E-state index is 0.163. The van der Waals surface area contributed by atoms with E-state index in [9.17, 15) is 14.7 Å². The van der Waals surface area contributed by atoms with Crippen molar-refractivity contribution in [1.29, 1.82) is 0 Å². The lowest BCUT2D eigenvalue weighted by Gasteiger charge is -2.37. The monoisotopic (exact) mass is 501 g/mol. The standard InChI is InChI=1S/C30H31NO6/c1-20-12-13-23-17-31(29(32)28(22-10-6-3-7-11-22)37-24-14-15-35-19-24)26(30(33)34)16-25(23)27(20)36-18-21-8-4-2-5-9-21/h2-13,24,26,28H,14-19H2,1H3,(H,33,34). The average molecular weight is 502 g/mol. The van der Waals surface area contributed by atoms with Crippen molar-refractivity contribution in [2.45, 2.75) is 51.2 Å². The summed E-state index contributed by atoms with van der Waals surface area (Å²) in [5.74, 6) is -0.715. The summed E-state index contributed by atoms with van der Waals surface area (Å²) in [6.07, 6.45) is -0.259. The molecule has 192 valence electrons. The van der Waals surface area contributed by atoms with Crippen LogP contribution in [0.1, 0.15) is 40.3 Å². The number of carbonyl (C=O) groups excluding carboxylic acids is 1. The maximum atomic E-state index is 13.9. The van der Waals surface area contributed by atoms with Crippen LogP contribution in [0.25, 0.3) is 0 Å². The van der Waals surface area contributed by atoms with Gasteiger partial charge in [-0.3, -0.25) is 4.79 Å². The fourth-order valence-electron chi connectivity index (χ4n) is 5.01. The van der Waals surface area contributed by atoms with Crippen molar-refractivity contribution >= 4 is 11.9 Å². The van der Waals surface area contributed by atoms with Gasteiger partial charge in [0.2, 0.25) is 0 Å². The zero-order valence-corrected chi connectivity index (χ0v) is 20.8. The van der Waals surface area contributed by atoms with E-state index in [1.54, 1.807) is 0 Å². The number of carbonyl (C=O) groups is 2. The normalized spacial score (nSPS) is 19.8. The molecule has 3 aromatic carbocycles. The molecule has 1 fully saturated rings.